The first-order valence-electron chi connectivity index (χ1n) is 27.0. The summed E-state index contributed by atoms with van der Waals surface area (Å²) in [4.78, 5) is 6.99. The maximum Gasteiger partial charge on any atom is 0.135 e. The van der Waals surface area contributed by atoms with Gasteiger partial charge in [0.25, 0.3) is 0 Å². The molecule has 0 saturated heterocycles. The smallest absolute Gasteiger partial charge is 0.135 e. The molecule has 366 valence electrons. The molecule has 0 radical (unpaired) electrons. The van der Waals surface area contributed by atoms with Gasteiger partial charge in [-0.25, -0.2) is 4.98 Å². The third-order valence-electron chi connectivity index (χ3n) is 13.6. The second-order valence-electron chi connectivity index (χ2n) is 21.4. The summed E-state index contributed by atoms with van der Waals surface area (Å²) in [7, 11) is 0. The molecule has 0 aliphatic carbocycles. The molecule has 0 spiro atoms. The van der Waals surface area contributed by atoms with Gasteiger partial charge < -0.3 is 18.8 Å². The predicted molar refractivity (Wildman–Crippen MR) is 303 cm³/mol. The molecule has 1 aliphatic rings. The number of nitrogens with zero attached hydrogens (tertiary/aromatic N) is 4. The van der Waals surface area contributed by atoms with Gasteiger partial charge in [0.15, 0.2) is 0 Å². The molecule has 3 aromatic heterocycles. The van der Waals surface area contributed by atoms with Gasteiger partial charge in [-0.1, -0.05) is 182 Å². The second kappa shape index (κ2) is 18.6. The average molecular weight is 1140 g/mol. The Morgan fingerprint density at radius 3 is 1.93 bits per heavy atom. The van der Waals surface area contributed by atoms with Crippen molar-refractivity contribution in [2.24, 2.45) is 11.3 Å². The van der Waals surface area contributed by atoms with Gasteiger partial charge in [-0.3, -0.25) is 0 Å². The molecule has 0 unspecified atom stereocenters. The minimum atomic E-state index is -1.61. The Balaban J connectivity index is 0.00000631. The maximum atomic E-state index is 9.38. The van der Waals surface area contributed by atoms with Crippen molar-refractivity contribution in [2.75, 3.05) is 4.90 Å². The van der Waals surface area contributed by atoms with Crippen molar-refractivity contribution in [1.29, 1.82) is 0 Å². The van der Waals surface area contributed by atoms with Crippen LogP contribution in [0.15, 0.2) is 176 Å². The van der Waals surface area contributed by atoms with E-state index < -0.39 is 18.2 Å². The molecule has 8 aromatic carbocycles. The van der Waals surface area contributed by atoms with Crippen LogP contribution in [0.2, 0.25) is 0 Å². The molecule has 5 nitrogen and oxygen atoms in total. The number of hydrogen-bond donors (Lipinski definition) is 0. The van der Waals surface area contributed by atoms with Crippen LogP contribution in [0.1, 0.15) is 77.6 Å². The summed E-state index contributed by atoms with van der Waals surface area (Å²) in [6.45, 7) is 18.4. The van der Waals surface area contributed by atoms with Crippen LogP contribution in [0.4, 0.5) is 11.4 Å². The Morgan fingerprint density at radius 1 is 0.603 bits per heavy atom. The van der Waals surface area contributed by atoms with E-state index in [-0.39, 0.29) is 32.4 Å². The number of pyridine rings is 1. The first-order valence-corrected chi connectivity index (χ1v) is 25.0. The first-order chi connectivity index (χ1) is 36.3. The predicted octanol–water partition coefficient (Wildman–Crippen LogP) is 18.0. The molecule has 11 aromatic rings. The van der Waals surface area contributed by atoms with Crippen molar-refractivity contribution in [3.05, 3.63) is 212 Å². The molecule has 73 heavy (non-hydrogen) atoms. The molecule has 12 rings (SSSR count). The van der Waals surface area contributed by atoms with E-state index >= 15 is 0 Å². The summed E-state index contributed by atoms with van der Waals surface area (Å²) in [6.07, 6.45) is -1.49. The molecule has 0 saturated carbocycles. The third-order valence-corrected chi connectivity index (χ3v) is 13.6. The summed E-state index contributed by atoms with van der Waals surface area (Å²) in [5, 5.41) is 8.61. The number of ether oxygens (including phenoxy) is 1. The van der Waals surface area contributed by atoms with Crippen molar-refractivity contribution in [1.82, 2.24) is 14.1 Å². The SMILES string of the molecule is [2H]C([2H])(c1cc(-c2cccc3c4ccccc4c4ccccc4c4cccc5c4n(c23)[CH-]N5c2[c-]c(Oc3[c-]c4c(cc3)c3ccccc3n4-c3cc(C([2H])([2H])C(C)(C)C)ccn3)ccc2)cc(C(C)(C)C)c1)C(C)C.[Pt]. The summed E-state index contributed by atoms with van der Waals surface area (Å²) >= 11 is 0. The summed E-state index contributed by atoms with van der Waals surface area (Å²) in [6, 6.07) is 65.8. The van der Waals surface area contributed by atoms with Crippen LogP contribution >= 0.6 is 0 Å². The molecule has 0 bridgehead atoms. The van der Waals surface area contributed by atoms with Gasteiger partial charge in [0, 0.05) is 55.4 Å². The molecule has 6 heteroatoms. The van der Waals surface area contributed by atoms with Gasteiger partial charge in [-0.05, 0) is 137 Å². The first kappa shape index (κ1) is 43.3. The van der Waals surface area contributed by atoms with Crippen LogP contribution < -0.4 is 9.64 Å². The number of anilines is 2. The monoisotopic (exact) mass is 1130 g/mol. The van der Waals surface area contributed by atoms with Crippen LogP contribution in [0.5, 0.6) is 11.5 Å². The molecule has 1 aliphatic heterocycles. The quantitative estimate of drug-likeness (QED) is 0.142. The molecule has 0 atom stereocenters. The van der Waals surface area contributed by atoms with E-state index in [0.717, 1.165) is 93.2 Å². The fraction of sp³-hybridized carbons (Fsp3) is 0.194. The second-order valence-corrected chi connectivity index (χ2v) is 21.4. The van der Waals surface area contributed by atoms with E-state index in [1.807, 2.05) is 75.6 Å². The summed E-state index contributed by atoms with van der Waals surface area (Å²) < 4.78 is 48.1. The standard InChI is InChI=1S/C67H59N4O.Pt/c1-43(2)34-45-35-46(38-47(36-45)67(6,7)8)51-25-16-26-58-54-22-11-9-20-52(54)53-21-10-12-23-55(53)59-27-17-29-61-65(59)70(64(51)58)42-69(61)48-18-15-19-49(39-48)72-50-30-31-57-56-24-13-14-28-60(56)71(62(57)40-50)63-37-44(32-33-68-63)41-66(3,4)5;/h9-33,35-38,42-43H,34,41H2,1-8H3;/q-3;/i34D2,41D2;. The summed E-state index contributed by atoms with van der Waals surface area (Å²) in [5.74, 6) is 1.36. The van der Waals surface area contributed by atoms with Crippen molar-refractivity contribution in [3.8, 4) is 28.4 Å². The minimum Gasteiger partial charge on any atom is -0.509 e. The number of para-hydroxylation sites is 3. The fourth-order valence-electron chi connectivity index (χ4n) is 10.6. The van der Waals surface area contributed by atoms with E-state index in [9.17, 15) is 2.74 Å². The van der Waals surface area contributed by atoms with E-state index in [2.05, 4.69) is 176 Å². The molecule has 0 fully saturated rings. The van der Waals surface area contributed by atoms with Crippen LogP contribution in [-0.2, 0) is 39.2 Å². The zero-order chi connectivity index (χ0) is 53.1. The third kappa shape index (κ3) is 8.82. The molecular formula is C67H59N4OPt-3. The van der Waals surface area contributed by atoms with E-state index in [4.69, 9.17) is 12.5 Å². The molecular weight excluding hydrogens is 1070 g/mol. The molecule has 4 heterocycles. The van der Waals surface area contributed by atoms with Crippen LogP contribution in [0.3, 0.4) is 0 Å². The zero-order valence-electron chi connectivity index (χ0n) is 46.4. The largest absolute Gasteiger partial charge is 0.509 e. The minimum absolute atomic E-state index is 0. The maximum absolute atomic E-state index is 9.38. The van der Waals surface area contributed by atoms with Gasteiger partial charge in [-0.2, -0.15) is 12.1 Å². The number of hydrogen-bond acceptors (Lipinski definition) is 3. The van der Waals surface area contributed by atoms with Gasteiger partial charge in [0.2, 0.25) is 0 Å². The van der Waals surface area contributed by atoms with Gasteiger partial charge in [0.05, 0.1) is 0 Å². The number of benzene rings is 8. The zero-order valence-corrected chi connectivity index (χ0v) is 44.7. The fourth-order valence-corrected chi connectivity index (χ4v) is 10.6. The number of fused-ring (bicyclic) bond motifs is 10. The number of rotatable bonds is 8. The van der Waals surface area contributed by atoms with E-state index in [0.29, 0.717) is 28.4 Å². The van der Waals surface area contributed by atoms with Crippen LogP contribution in [0.25, 0.3) is 82.1 Å². The van der Waals surface area contributed by atoms with Gasteiger partial charge in [0.1, 0.15) is 5.82 Å². The Hall–Kier alpha value is -7.33. The van der Waals surface area contributed by atoms with Crippen molar-refractivity contribution in [2.45, 2.75) is 73.6 Å². The van der Waals surface area contributed by atoms with Crippen LogP contribution in [-0.4, -0.2) is 14.1 Å². The molecule has 0 N–H and O–H groups in total. The Bertz CT molecular complexity index is 4220. The Morgan fingerprint density at radius 2 is 1.23 bits per heavy atom. The Labute approximate surface area is 449 Å². The molecule has 0 amide bonds. The number of aromatic nitrogens is 3. The van der Waals surface area contributed by atoms with E-state index in [1.54, 1.807) is 12.3 Å². The van der Waals surface area contributed by atoms with Gasteiger partial charge >= 0.3 is 0 Å². The van der Waals surface area contributed by atoms with Crippen molar-refractivity contribution in [3.63, 3.8) is 0 Å². The Kier molecular flexibility index (Phi) is 11.0. The van der Waals surface area contributed by atoms with Crippen molar-refractivity contribution < 1.29 is 31.3 Å². The summed E-state index contributed by atoms with van der Waals surface area (Å²) in [5.41, 5.74) is 8.78. The van der Waals surface area contributed by atoms with Crippen LogP contribution in [0, 0.1) is 30.1 Å². The average Bonchev–Trinajstić information content (AvgIpc) is 4.14. The van der Waals surface area contributed by atoms with E-state index in [1.165, 1.54) is 0 Å². The van der Waals surface area contributed by atoms with Gasteiger partial charge in [-0.15, -0.1) is 35.7 Å². The normalized spacial score (nSPS) is 13.8. The van der Waals surface area contributed by atoms with Crippen molar-refractivity contribution >= 4 is 76.5 Å². The topological polar surface area (TPSA) is 35.2 Å².